The van der Waals surface area contributed by atoms with Gasteiger partial charge in [0.2, 0.25) is 0 Å². The summed E-state index contributed by atoms with van der Waals surface area (Å²) in [5.74, 6) is 1.72. The first-order valence-corrected chi connectivity index (χ1v) is 7.28. The van der Waals surface area contributed by atoms with E-state index < -0.39 is 0 Å². The molecule has 0 N–H and O–H groups in total. The molecule has 0 radical (unpaired) electrons. The second-order valence-electron chi connectivity index (χ2n) is 5.13. The Morgan fingerprint density at radius 1 is 1.35 bits per heavy atom. The Balaban J connectivity index is 2.11. The third kappa shape index (κ3) is 2.84. The Kier molecular flexibility index (Phi) is 3.79. The molecule has 90 valence electrons. The predicted molar refractivity (Wildman–Crippen MR) is 74.3 cm³/mol. The number of hydrogen-bond acceptors (Lipinski definition) is 2. The van der Waals surface area contributed by atoms with Gasteiger partial charge >= 0.3 is 0 Å². The third-order valence-corrected chi connectivity index (χ3v) is 4.93. The van der Waals surface area contributed by atoms with Gasteiger partial charge in [-0.15, -0.1) is 11.8 Å². The molecule has 0 bridgehead atoms. The predicted octanol–water partition coefficient (Wildman–Crippen LogP) is 4.14. The van der Waals surface area contributed by atoms with Gasteiger partial charge in [-0.25, -0.2) is 0 Å². The molecule has 1 atom stereocenters. The van der Waals surface area contributed by atoms with E-state index in [0.29, 0.717) is 5.92 Å². The van der Waals surface area contributed by atoms with E-state index in [1.54, 1.807) is 0 Å². The summed E-state index contributed by atoms with van der Waals surface area (Å²) in [6.45, 7) is 4.41. The quantitative estimate of drug-likeness (QED) is 0.799. The molecule has 0 aliphatic carbocycles. The number of benzene rings is 1. The van der Waals surface area contributed by atoms with Gasteiger partial charge in [0, 0.05) is 6.42 Å². The van der Waals surface area contributed by atoms with E-state index in [2.05, 4.69) is 44.2 Å². The maximum atomic E-state index is 9.35. The van der Waals surface area contributed by atoms with Crippen molar-refractivity contribution in [3.05, 3.63) is 35.4 Å². The summed E-state index contributed by atoms with van der Waals surface area (Å²) in [6.07, 6.45) is 3.12. The molecule has 17 heavy (non-hydrogen) atoms. The van der Waals surface area contributed by atoms with Crippen LogP contribution in [0.4, 0.5) is 0 Å². The van der Waals surface area contributed by atoms with Crippen molar-refractivity contribution >= 4 is 11.8 Å². The minimum Gasteiger partial charge on any atom is -0.197 e. The van der Waals surface area contributed by atoms with Crippen LogP contribution in [0.3, 0.4) is 0 Å². The Bertz CT molecular complexity index is 408. The maximum Gasteiger partial charge on any atom is 0.106 e. The highest BCUT2D eigenvalue weighted by Gasteiger charge is 2.34. The molecule has 1 aliphatic rings. The first-order chi connectivity index (χ1) is 8.15. The zero-order valence-electron chi connectivity index (χ0n) is 10.6. The number of nitriles is 1. The van der Waals surface area contributed by atoms with E-state index in [4.69, 9.17) is 0 Å². The molecule has 1 unspecified atom stereocenters. The summed E-state index contributed by atoms with van der Waals surface area (Å²) < 4.78 is -0.153. The summed E-state index contributed by atoms with van der Waals surface area (Å²) in [7, 11) is 0. The van der Waals surface area contributed by atoms with E-state index in [1.807, 2.05) is 11.8 Å². The Hall–Kier alpha value is -0.940. The fraction of sp³-hybridized carbons (Fsp3) is 0.533. The zero-order valence-corrected chi connectivity index (χ0v) is 11.4. The largest absolute Gasteiger partial charge is 0.197 e. The molecule has 2 heteroatoms. The van der Waals surface area contributed by atoms with Gasteiger partial charge in [-0.3, -0.25) is 0 Å². The molecule has 2 rings (SSSR count). The second-order valence-corrected chi connectivity index (χ2v) is 6.61. The van der Waals surface area contributed by atoms with Gasteiger partial charge in [0.1, 0.15) is 4.75 Å². The van der Waals surface area contributed by atoms with Crippen molar-refractivity contribution in [2.24, 2.45) is 0 Å². The third-order valence-electron chi connectivity index (χ3n) is 3.44. The van der Waals surface area contributed by atoms with E-state index in [9.17, 15) is 5.26 Å². The molecule has 0 spiro atoms. The fourth-order valence-corrected chi connectivity index (χ4v) is 3.62. The Labute approximate surface area is 108 Å². The van der Waals surface area contributed by atoms with Crippen LogP contribution in [0.1, 0.15) is 43.7 Å². The van der Waals surface area contributed by atoms with Crippen LogP contribution in [-0.2, 0) is 6.42 Å². The van der Waals surface area contributed by atoms with Crippen molar-refractivity contribution < 1.29 is 0 Å². The lowest BCUT2D eigenvalue weighted by atomic mass is 9.94. The van der Waals surface area contributed by atoms with Crippen LogP contribution < -0.4 is 0 Å². The van der Waals surface area contributed by atoms with Gasteiger partial charge in [-0.05, 0) is 35.6 Å². The Morgan fingerprint density at radius 3 is 2.53 bits per heavy atom. The molecule has 1 aliphatic heterocycles. The van der Waals surface area contributed by atoms with Crippen molar-refractivity contribution in [2.75, 3.05) is 5.75 Å². The molecular formula is C15H19NS. The SMILES string of the molecule is CC(C)c1ccc(CC2(C#N)CCCS2)cc1. The van der Waals surface area contributed by atoms with Crippen molar-refractivity contribution in [2.45, 2.75) is 43.8 Å². The van der Waals surface area contributed by atoms with Crippen molar-refractivity contribution in [1.29, 1.82) is 5.26 Å². The minimum absolute atomic E-state index is 0.153. The lowest BCUT2D eigenvalue weighted by molar-refractivity contribution is 0.672. The summed E-state index contributed by atoms with van der Waals surface area (Å²) in [5, 5.41) is 9.35. The molecule has 0 saturated carbocycles. The highest BCUT2D eigenvalue weighted by atomic mass is 32.2. The first kappa shape index (κ1) is 12.5. The Morgan fingerprint density at radius 2 is 2.06 bits per heavy atom. The molecular weight excluding hydrogens is 226 g/mol. The van der Waals surface area contributed by atoms with Gasteiger partial charge in [0.05, 0.1) is 6.07 Å². The van der Waals surface area contributed by atoms with Crippen LogP contribution in [0.5, 0.6) is 0 Å². The van der Waals surface area contributed by atoms with Crippen LogP contribution in [0.25, 0.3) is 0 Å². The summed E-state index contributed by atoms with van der Waals surface area (Å²) in [5.41, 5.74) is 2.67. The topological polar surface area (TPSA) is 23.8 Å². The second kappa shape index (κ2) is 5.14. The van der Waals surface area contributed by atoms with Crippen LogP contribution in [-0.4, -0.2) is 10.5 Å². The van der Waals surface area contributed by atoms with Gasteiger partial charge < -0.3 is 0 Å². The van der Waals surface area contributed by atoms with E-state index >= 15 is 0 Å². The molecule has 1 fully saturated rings. The highest BCUT2D eigenvalue weighted by Crippen LogP contribution is 2.40. The molecule has 0 amide bonds. The standard InChI is InChI=1S/C15H19NS/c1-12(2)14-6-4-13(5-7-14)10-15(11-16)8-3-9-17-15/h4-7,12H,3,8-10H2,1-2H3. The van der Waals surface area contributed by atoms with Crippen LogP contribution in [0, 0.1) is 11.3 Å². The lowest BCUT2D eigenvalue weighted by Gasteiger charge is -2.19. The van der Waals surface area contributed by atoms with E-state index in [-0.39, 0.29) is 4.75 Å². The first-order valence-electron chi connectivity index (χ1n) is 6.29. The van der Waals surface area contributed by atoms with Crippen LogP contribution in [0.15, 0.2) is 24.3 Å². The molecule has 1 saturated heterocycles. The van der Waals surface area contributed by atoms with Gasteiger partial charge in [0.25, 0.3) is 0 Å². The zero-order chi connectivity index (χ0) is 12.3. The van der Waals surface area contributed by atoms with E-state index in [1.165, 1.54) is 17.5 Å². The fourth-order valence-electron chi connectivity index (χ4n) is 2.31. The maximum absolute atomic E-state index is 9.35. The van der Waals surface area contributed by atoms with Crippen LogP contribution >= 0.6 is 11.8 Å². The minimum atomic E-state index is -0.153. The van der Waals surface area contributed by atoms with E-state index in [0.717, 1.165) is 18.6 Å². The van der Waals surface area contributed by atoms with Gasteiger partial charge in [-0.1, -0.05) is 38.1 Å². The van der Waals surface area contributed by atoms with Crippen molar-refractivity contribution in [3.63, 3.8) is 0 Å². The normalized spacial score (nSPS) is 23.9. The monoisotopic (exact) mass is 245 g/mol. The molecule has 1 aromatic rings. The average Bonchev–Trinajstić information content (AvgIpc) is 2.79. The highest BCUT2D eigenvalue weighted by molar-refractivity contribution is 8.01. The number of hydrogen-bond donors (Lipinski definition) is 0. The number of rotatable bonds is 3. The summed E-state index contributed by atoms with van der Waals surface area (Å²) in [4.78, 5) is 0. The molecule has 1 aromatic carbocycles. The number of thioether (sulfide) groups is 1. The summed E-state index contributed by atoms with van der Waals surface area (Å²) in [6, 6.07) is 11.3. The van der Waals surface area contributed by atoms with Gasteiger partial charge in [-0.2, -0.15) is 5.26 Å². The van der Waals surface area contributed by atoms with Crippen LogP contribution in [0.2, 0.25) is 0 Å². The number of nitrogens with zero attached hydrogens (tertiary/aromatic N) is 1. The van der Waals surface area contributed by atoms with Gasteiger partial charge in [0.15, 0.2) is 0 Å². The molecule has 1 heterocycles. The molecule has 1 nitrogen and oxygen atoms in total. The average molecular weight is 245 g/mol. The van der Waals surface area contributed by atoms with Crippen molar-refractivity contribution in [1.82, 2.24) is 0 Å². The van der Waals surface area contributed by atoms with Crippen molar-refractivity contribution in [3.8, 4) is 6.07 Å². The lowest BCUT2D eigenvalue weighted by Crippen LogP contribution is -2.21. The summed E-state index contributed by atoms with van der Waals surface area (Å²) >= 11 is 1.83. The smallest absolute Gasteiger partial charge is 0.106 e. The molecule has 0 aromatic heterocycles.